The lowest BCUT2D eigenvalue weighted by Gasteiger charge is -2.05. The van der Waals surface area contributed by atoms with Gasteiger partial charge in [0.1, 0.15) is 33.1 Å². The van der Waals surface area contributed by atoms with E-state index >= 15 is 0 Å². The van der Waals surface area contributed by atoms with Gasteiger partial charge in [0, 0.05) is 0 Å². The molecular formula is C16H12F2N2O3S. The number of hydrogen-bond acceptors (Lipinski definition) is 5. The molecule has 5 nitrogen and oxygen atoms in total. The van der Waals surface area contributed by atoms with Crippen LogP contribution in [0.5, 0.6) is 0 Å². The van der Waals surface area contributed by atoms with Crippen molar-refractivity contribution in [1.29, 1.82) is 5.26 Å². The molecule has 24 heavy (non-hydrogen) atoms. The van der Waals surface area contributed by atoms with Gasteiger partial charge in [-0.2, -0.15) is 5.26 Å². The molecule has 1 heterocycles. The number of carbonyl (C=O) groups excluding carboxylic acids is 2. The first-order valence-electron chi connectivity index (χ1n) is 6.86. The van der Waals surface area contributed by atoms with E-state index in [1.54, 1.807) is 6.92 Å². The fraction of sp³-hybridized carbons (Fsp3) is 0.188. The second kappa shape index (κ2) is 7.19. The molecule has 2 rings (SSSR count). The Morgan fingerprint density at radius 3 is 2.50 bits per heavy atom. The van der Waals surface area contributed by atoms with Gasteiger partial charge < -0.3 is 10.1 Å². The summed E-state index contributed by atoms with van der Waals surface area (Å²) in [5.74, 6) is -3.72. The number of amides is 1. The summed E-state index contributed by atoms with van der Waals surface area (Å²) in [5.41, 5.74) is -0.372. The Bertz CT molecular complexity index is 835. The first-order valence-corrected chi connectivity index (χ1v) is 7.68. The van der Waals surface area contributed by atoms with Crippen LogP contribution in [-0.2, 0) is 4.74 Å². The number of hydrogen-bond donors (Lipinski definition) is 1. The second-order valence-electron chi connectivity index (χ2n) is 4.64. The van der Waals surface area contributed by atoms with Gasteiger partial charge in [0.15, 0.2) is 0 Å². The van der Waals surface area contributed by atoms with Crippen molar-refractivity contribution in [2.45, 2.75) is 13.8 Å². The zero-order chi connectivity index (χ0) is 17.9. The van der Waals surface area contributed by atoms with Gasteiger partial charge in [0.25, 0.3) is 5.91 Å². The van der Waals surface area contributed by atoms with Crippen LogP contribution in [0.2, 0.25) is 0 Å². The molecule has 1 amide bonds. The molecule has 0 saturated carbocycles. The van der Waals surface area contributed by atoms with Crippen LogP contribution in [0, 0.1) is 29.9 Å². The third-order valence-electron chi connectivity index (χ3n) is 3.14. The van der Waals surface area contributed by atoms with E-state index in [1.165, 1.54) is 6.92 Å². The number of ether oxygens (including phenoxy) is 1. The minimum Gasteiger partial charge on any atom is -0.462 e. The van der Waals surface area contributed by atoms with Crippen molar-refractivity contribution in [3.8, 4) is 6.07 Å². The number of thiophene rings is 1. The highest BCUT2D eigenvalue weighted by Gasteiger charge is 2.24. The van der Waals surface area contributed by atoms with Crippen LogP contribution in [0.25, 0.3) is 0 Å². The summed E-state index contributed by atoms with van der Waals surface area (Å²) in [4.78, 5) is 24.1. The van der Waals surface area contributed by atoms with E-state index in [9.17, 15) is 23.6 Å². The van der Waals surface area contributed by atoms with Crippen molar-refractivity contribution in [2.24, 2.45) is 0 Å². The van der Waals surface area contributed by atoms with Crippen LogP contribution in [0.4, 0.5) is 13.8 Å². The largest absolute Gasteiger partial charge is 0.462 e. The van der Waals surface area contributed by atoms with Crippen LogP contribution in [0.15, 0.2) is 18.2 Å². The Morgan fingerprint density at radius 2 is 1.96 bits per heavy atom. The van der Waals surface area contributed by atoms with Crippen molar-refractivity contribution in [2.75, 3.05) is 11.9 Å². The molecule has 0 aliphatic rings. The van der Waals surface area contributed by atoms with E-state index < -0.39 is 29.1 Å². The van der Waals surface area contributed by atoms with Gasteiger partial charge in [-0.25, -0.2) is 13.6 Å². The molecule has 8 heteroatoms. The van der Waals surface area contributed by atoms with Gasteiger partial charge in [0.2, 0.25) is 0 Å². The zero-order valence-electron chi connectivity index (χ0n) is 12.8. The number of halogens is 2. The zero-order valence-corrected chi connectivity index (χ0v) is 13.6. The summed E-state index contributed by atoms with van der Waals surface area (Å²) < 4.78 is 32.2. The highest BCUT2D eigenvalue weighted by molar-refractivity contribution is 7.18. The van der Waals surface area contributed by atoms with Crippen LogP contribution in [0.1, 0.15) is 38.1 Å². The van der Waals surface area contributed by atoms with Crippen LogP contribution >= 0.6 is 11.3 Å². The van der Waals surface area contributed by atoms with Gasteiger partial charge in [-0.1, -0.05) is 6.07 Å². The van der Waals surface area contributed by atoms with Gasteiger partial charge in [-0.05, 0) is 31.5 Å². The lowest BCUT2D eigenvalue weighted by atomic mass is 10.1. The topological polar surface area (TPSA) is 79.2 Å². The number of esters is 1. The monoisotopic (exact) mass is 350 g/mol. The molecule has 0 aliphatic carbocycles. The maximum atomic E-state index is 13.7. The summed E-state index contributed by atoms with van der Waals surface area (Å²) in [6.45, 7) is 3.32. The van der Waals surface area contributed by atoms with Gasteiger partial charge in [-0.15, -0.1) is 11.3 Å². The Morgan fingerprint density at radius 1 is 1.33 bits per heavy atom. The third-order valence-corrected chi connectivity index (χ3v) is 4.32. The van der Waals surface area contributed by atoms with E-state index in [1.807, 2.05) is 6.07 Å². The summed E-state index contributed by atoms with van der Waals surface area (Å²) >= 11 is 0.820. The standard InChI is InChI=1S/C16H12F2N2O3S/c1-3-23-16(22)13-8(2)9(7-19)15(24-13)20-14(21)12-10(17)5-4-6-11(12)18/h4-6H,3H2,1-2H3,(H,20,21). The fourth-order valence-corrected chi connectivity index (χ4v) is 3.05. The third kappa shape index (κ3) is 3.26. The minimum absolute atomic E-state index is 0.0331. The lowest BCUT2D eigenvalue weighted by molar-refractivity contribution is 0.0531. The molecule has 0 atom stereocenters. The van der Waals surface area contributed by atoms with Crippen molar-refractivity contribution < 1.29 is 23.1 Å². The molecule has 124 valence electrons. The maximum Gasteiger partial charge on any atom is 0.348 e. The van der Waals surface area contributed by atoms with Crippen LogP contribution < -0.4 is 5.32 Å². The number of anilines is 1. The number of nitrogens with one attached hydrogen (secondary N) is 1. The van der Waals surface area contributed by atoms with Crippen molar-refractivity contribution in [3.63, 3.8) is 0 Å². The summed E-state index contributed by atoms with van der Waals surface area (Å²) in [6, 6.07) is 4.91. The number of rotatable bonds is 4. The maximum absolute atomic E-state index is 13.7. The Labute approximate surface area is 140 Å². The first kappa shape index (κ1) is 17.6. The highest BCUT2D eigenvalue weighted by Crippen LogP contribution is 2.33. The molecule has 2 aromatic rings. The van der Waals surface area contributed by atoms with Crippen LogP contribution in [0.3, 0.4) is 0 Å². The normalized spacial score (nSPS) is 10.1. The number of benzene rings is 1. The van der Waals surface area contributed by atoms with E-state index in [0.29, 0.717) is 5.56 Å². The molecule has 0 fully saturated rings. The second-order valence-corrected chi connectivity index (χ2v) is 5.66. The van der Waals surface area contributed by atoms with E-state index in [-0.39, 0.29) is 22.0 Å². The molecule has 0 unspecified atom stereocenters. The smallest absolute Gasteiger partial charge is 0.348 e. The average Bonchev–Trinajstić information content (AvgIpc) is 2.83. The Balaban J connectivity index is 2.40. The number of carbonyl (C=O) groups is 2. The molecule has 1 aromatic heterocycles. The highest BCUT2D eigenvalue weighted by atomic mass is 32.1. The van der Waals surface area contributed by atoms with Crippen LogP contribution in [-0.4, -0.2) is 18.5 Å². The summed E-state index contributed by atoms with van der Waals surface area (Å²) in [7, 11) is 0. The van der Waals surface area contributed by atoms with Crippen molar-refractivity contribution in [1.82, 2.24) is 0 Å². The van der Waals surface area contributed by atoms with E-state index in [0.717, 1.165) is 29.5 Å². The predicted molar refractivity (Wildman–Crippen MR) is 84.0 cm³/mol. The van der Waals surface area contributed by atoms with E-state index in [2.05, 4.69) is 5.32 Å². The molecule has 1 aromatic carbocycles. The van der Waals surface area contributed by atoms with Gasteiger partial charge in [0.05, 0.1) is 12.2 Å². The minimum atomic E-state index is -1.04. The summed E-state index contributed by atoms with van der Waals surface area (Å²) in [6.07, 6.45) is 0. The quantitative estimate of drug-likeness (QED) is 0.854. The van der Waals surface area contributed by atoms with Crippen molar-refractivity contribution in [3.05, 3.63) is 51.4 Å². The number of nitriles is 1. The SMILES string of the molecule is CCOC(=O)c1sc(NC(=O)c2c(F)cccc2F)c(C#N)c1C. The molecular weight excluding hydrogens is 338 g/mol. The average molecular weight is 350 g/mol. The lowest BCUT2D eigenvalue weighted by Crippen LogP contribution is -2.15. The predicted octanol–water partition coefficient (Wildman–Crippen LogP) is 3.64. The molecule has 0 bridgehead atoms. The summed E-state index contributed by atoms with van der Waals surface area (Å²) in [5, 5.41) is 11.5. The molecule has 1 N–H and O–H groups in total. The molecule has 0 spiro atoms. The molecule has 0 saturated heterocycles. The Hall–Kier alpha value is -2.79. The van der Waals surface area contributed by atoms with E-state index in [4.69, 9.17) is 4.74 Å². The van der Waals surface area contributed by atoms with Gasteiger partial charge >= 0.3 is 5.97 Å². The van der Waals surface area contributed by atoms with Gasteiger partial charge in [-0.3, -0.25) is 4.79 Å². The fourth-order valence-electron chi connectivity index (χ4n) is 2.01. The molecule has 0 radical (unpaired) electrons. The molecule has 0 aliphatic heterocycles. The first-order chi connectivity index (χ1) is 11.4. The van der Waals surface area contributed by atoms with Crippen molar-refractivity contribution >= 4 is 28.2 Å². The number of nitrogens with zero attached hydrogens (tertiary/aromatic N) is 1. The Kier molecular flexibility index (Phi) is 5.26.